The van der Waals surface area contributed by atoms with Crippen LogP contribution in [0.2, 0.25) is 0 Å². The van der Waals surface area contributed by atoms with Crippen LogP contribution < -0.4 is 5.73 Å². The van der Waals surface area contributed by atoms with Gasteiger partial charge in [0.2, 0.25) is 0 Å². The first-order valence-corrected chi connectivity index (χ1v) is 9.69. The molecule has 0 radical (unpaired) electrons. The minimum atomic E-state index is 0.661. The van der Waals surface area contributed by atoms with Crippen molar-refractivity contribution in [1.29, 1.82) is 0 Å². The molecule has 146 valence electrons. The van der Waals surface area contributed by atoms with E-state index in [0.29, 0.717) is 12.2 Å². The van der Waals surface area contributed by atoms with Crippen LogP contribution in [0.25, 0.3) is 11.3 Å². The van der Waals surface area contributed by atoms with Crippen molar-refractivity contribution in [3.63, 3.8) is 0 Å². The number of hydrogen-bond acceptors (Lipinski definition) is 3. The molecule has 1 aliphatic carbocycles. The molecule has 0 unspecified atom stereocenters. The third-order valence-electron chi connectivity index (χ3n) is 5.46. The molecule has 0 saturated heterocycles. The third kappa shape index (κ3) is 4.34. The zero-order valence-electron chi connectivity index (χ0n) is 16.9. The van der Waals surface area contributed by atoms with Crippen molar-refractivity contribution in [1.82, 2.24) is 14.7 Å². The van der Waals surface area contributed by atoms with Gasteiger partial charge in [0.15, 0.2) is 0 Å². The number of nitrogens with two attached hydrogens (primary N) is 1. The average Bonchev–Trinajstić information content (AvgIpc) is 3.27. The van der Waals surface area contributed by atoms with Gasteiger partial charge in [0.1, 0.15) is 0 Å². The van der Waals surface area contributed by atoms with E-state index in [1.165, 1.54) is 27.8 Å². The SMILES string of the molecule is C=CC(=C)n1cc(CN(CCc2ccc3c(c2C)CCC3=C)CC(=C)N)cn1. The monoisotopic (exact) mass is 374 g/mol. The fraction of sp³-hybridized carbons (Fsp3) is 0.292. The second-order valence-corrected chi connectivity index (χ2v) is 7.59. The lowest BCUT2D eigenvalue weighted by molar-refractivity contribution is 0.291. The standard InChI is InChI=1S/C24H30N4/c1-6-19(4)28-16-21(13-26-28)15-27(14-18(3)25)12-11-22-8-10-23-17(2)7-9-24(23)20(22)5/h6,8,10,13,16H,1-4,7,9,11-12,14-15,25H2,5H3. The number of allylic oxidation sites excluding steroid dienone is 3. The lowest BCUT2D eigenvalue weighted by Gasteiger charge is -2.22. The molecule has 1 aromatic heterocycles. The number of fused-ring (bicyclic) bond motifs is 1. The van der Waals surface area contributed by atoms with Crippen LogP contribution in [0.15, 0.2) is 62.6 Å². The van der Waals surface area contributed by atoms with Gasteiger partial charge in [-0.05, 0) is 60.1 Å². The van der Waals surface area contributed by atoms with Crippen molar-refractivity contribution in [2.75, 3.05) is 13.1 Å². The summed E-state index contributed by atoms with van der Waals surface area (Å²) in [5, 5.41) is 4.36. The van der Waals surface area contributed by atoms with Crippen LogP contribution in [0.1, 0.15) is 34.2 Å². The Morgan fingerprint density at radius 1 is 1.32 bits per heavy atom. The van der Waals surface area contributed by atoms with Crippen LogP contribution in [0.3, 0.4) is 0 Å². The molecule has 4 nitrogen and oxygen atoms in total. The summed E-state index contributed by atoms with van der Waals surface area (Å²) in [6, 6.07) is 4.50. The summed E-state index contributed by atoms with van der Waals surface area (Å²) in [6.07, 6.45) is 8.73. The van der Waals surface area contributed by atoms with Gasteiger partial charge in [-0.25, -0.2) is 4.68 Å². The highest BCUT2D eigenvalue weighted by Crippen LogP contribution is 2.34. The fourth-order valence-electron chi connectivity index (χ4n) is 3.87. The summed E-state index contributed by atoms with van der Waals surface area (Å²) in [5.41, 5.74) is 15.4. The molecule has 2 aromatic rings. The Labute approximate surface area is 168 Å². The molecule has 28 heavy (non-hydrogen) atoms. The van der Waals surface area contributed by atoms with Gasteiger partial charge >= 0.3 is 0 Å². The molecule has 1 heterocycles. The highest BCUT2D eigenvalue weighted by Gasteiger charge is 2.18. The lowest BCUT2D eigenvalue weighted by atomic mass is 9.96. The molecule has 0 fully saturated rings. The lowest BCUT2D eigenvalue weighted by Crippen LogP contribution is -2.29. The van der Waals surface area contributed by atoms with Gasteiger partial charge in [-0.2, -0.15) is 5.10 Å². The molecule has 0 bridgehead atoms. The minimum absolute atomic E-state index is 0.661. The van der Waals surface area contributed by atoms with Gasteiger partial charge in [0.05, 0.1) is 11.9 Å². The Morgan fingerprint density at radius 3 is 2.82 bits per heavy atom. The van der Waals surface area contributed by atoms with Crippen LogP contribution in [-0.2, 0) is 19.4 Å². The average molecular weight is 375 g/mol. The maximum atomic E-state index is 5.92. The van der Waals surface area contributed by atoms with Crippen molar-refractivity contribution in [3.8, 4) is 0 Å². The number of aromatic nitrogens is 2. The van der Waals surface area contributed by atoms with Crippen LogP contribution in [0.5, 0.6) is 0 Å². The van der Waals surface area contributed by atoms with Crippen molar-refractivity contribution in [2.45, 2.75) is 32.7 Å². The van der Waals surface area contributed by atoms with Crippen LogP contribution >= 0.6 is 0 Å². The van der Waals surface area contributed by atoms with Gasteiger partial charge in [-0.1, -0.05) is 38.4 Å². The molecule has 0 saturated carbocycles. The smallest absolute Gasteiger partial charge is 0.0568 e. The molecule has 0 spiro atoms. The molecule has 1 aliphatic rings. The molecule has 2 N–H and O–H groups in total. The summed E-state index contributed by atoms with van der Waals surface area (Å²) < 4.78 is 1.75. The van der Waals surface area contributed by atoms with E-state index >= 15 is 0 Å². The molecule has 0 atom stereocenters. The Hall–Kier alpha value is -2.85. The van der Waals surface area contributed by atoms with Crippen molar-refractivity contribution < 1.29 is 0 Å². The van der Waals surface area contributed by atoms with E-state index < -0.39 is 0 Å². The second-order valence-electron chi connectivity index (χ2n) is 7.59. The first-order valence-electron chi connectivity index (χ1n) is 9.69. The number of nitrogens with zero attached hydrogens (tertiary/aromatic N) is 3. The molecule has 0 amide bonds. The zero-order chi connectivity index (χ0) is 20.3. The van der Waals surface area contributed by atoms with Crippen molar-refractivity contribution in [3.05, 3.63) is 90.4 Å². The predicted molar refractivity (Wildman–Crippen MR) is 119 cm³/mol. The quantitative estimate of drug-likeness (QED) is 0.665. The zero-order valence-corrected chi connectivity index (χ0v) is 16.9. The molecular weight excluding hydrogens is 344 g/mol. The Balaban J connectivity index is 1.70. The van der Waals surface area contributed by atoms with E-state index in [1.54, 1.807) is 10.8 Å². The Morgan fingerprint density at radius 2 is 2.11 bits per heavy atom. The first-order chi connectivity index (χ1) is 13.4. The first kappa shape index (κ1) is 19.9. The highest BCUT2D eigenvalue weighted by atomic mass is 15.3. The number of hydrogen-bond donors (Lipinski definition) is 1. The maximum Gasteiger partial charge on any atom is 0.0568 e. The van der Waals surface area contributed by atoms with Crippen LogP contribution in [0.4, 0.5) is 0 Å². The second kappa shape index (κ2) is 8.44. The van der Waals surface area contributed by atoms with Crippen LogP contribution in [-0.4, -0.2) is 27.8 Å². The highest BCUT2D eigenvalue weighted by molar-refractivity contribution is 5.72. The summed E-state index contributed by atoms with van der Waals surface area (Å²) >= 11 is 0. The van der Waals surface area contributed by atoms with E-state index in [4.69, 9.17) is 5.73 Å². The summed E-state index contributed by atoms with van der Waals surface area (Å²) in [6.45, 7) is 20.3. The number of rotatable bonds is 9. The van der Waals surface area contributed by atoms with E-state index in [1.807, 2.05) is 12.4 Å². The number of benzene rings is 1. The summed E-state index contributed by atoms with van der Waals surface area (Å²) in [7, 11) is 0. The van der Waals surface area contributed by atoms with Gasteiger partial charge < -0.3 is 5.73 Å². The van der Waals surface area contributed by atoms with Crippen molar-refractivity contribution >= 4 is 11.3 Å². The molecule has 0 aliphatic heterocycles. The van der Waals surface area contributed by atoms with Gasteiger partial charge in [-0.15, -0.1) is 0 Å². The maximum absolute atomic E-state index is 5.92. The van der Waals surface area contributed by atoms with Crippen LogP contribution in [0, 0.1) is 6.92 Å². The molecular formula is C24H30N4. The summed E-state index contributed by atoms with van der Waals surface area (Å²) in [4.78, 5) is 2.31. The topological polar surface area (TPSA) is 47.1 Å². The van der Waals surface area contributed by atoms with E-state index in [2.05, 4.69) is 55.4 Å². The Bertz CT molecular complexity index is 932. The van der Waals surface area contributed by atoms with E-state index in [0.717, 1.165) is 43.6 Å². The fourth-order valence-corrected chi connectivity index (χ4v) is 3.87. The largest absolute Gasteiger partial charge is 0.401 e. The molecule has 4 heteroatoms. The van der Waals surface area contributed by atoms with Gasteiger partial charge in [-0.3, -0.25) is 4.90 Å². The normalized spacial score (nSPS) is 13.0. The Kier molecular flexibility index (Phi) is 6.00. The summed E-state index contributed by atoms with van der Waals surface area (Å²) in [5.74, 6) is 0. The molecule has 1 aromatic carbocycles. The van der Waals surface area contributed by atoms with E-state index in [-0.39, 0.29) is 0 Å². The van der Waals surface area contributed by atoms with Gasteiger partial charge in [0.25, 0.3) is 0 Å². The third-order valence-corrected chi connectivity index (χ3v) is 5.46. The minimum Gasteiger partial charge on any atom is -0.401 e. The molecule has 3 rings (SSSR count). The van der Waals surface area contributed by atoms with E-state index in [9.17, 15) is 0 Å². The van der Waals surface area contributed by atoms with Crippen molar-refractivity contribution in [2.24, 2.45) is 5.73 Å². The van der Waals surface area contributed by atoms with Gasteiger partial charge in [0, 0.05) is 37.1 Å². The predicted octanol–water partition coefficient (Wildman–Crippen LogP) is 4.32.